The second-order valence-corrected chi connectivity index (χ2v) is 4.63. The molecule has 96 valence electrons. The lowest BCUT2D eigenvalue weighted by atomic mass is 10.1. The molecule has 0 aliphatic heterocycles. The van der Waals surface area contributed by atoms with Crippen molar-refractivity contribution in [3.63, 3.8) is 0 Å². The molecule has 0 atom stereocenters. The zero-order valence-electron chi connectivity index (χ0n) is 10.5. The predicted molar refractivity (Wildman–Crippen MR) is 81.2 cm³/mol. The van der Waals surface area contributed by atoms with Gasteiger partial charge >= 0.3 is 0 Å². The van der Waals surface area contributed by atoms with Crippen molar-refractivity contribution in [3.05, 3.63) is 65.3 Å². The zero-order chi connectivity index (χ0) is 13.9. The molecule has 0 unspecified atom stereocenters. The van der Waals surface area contributed by atoms with Gasteiger partial charge in [-0.1, -0.05) is 48.0 Å². The second-order valence-electron chi connectivity index (χ2n) is 4.27. The van der Waals surface area contributed by atoms with Gasteiger partial charge in [-0.3, -0.25) is 0 Å². The van der Waals surface area contributed by atoms with Gasteiger partial charge < -0.3 is 5.32 Å². The summed E-state index contributed by atoms with van der Waals surface area (Å²) in [5.74, 6) is 0. The Hall–Kier alpha value is -2.57. The van der Waals surface area contributed by atoms with E-state index in [0.29, 0.717) is 11.3 Å². The number of aromatic nitrogens is 1. The van der Waals surface area contributed by atoms with Crippen molar-refractivity contribution < 1.29 is 0 Å². The fraction of sp³-hybridized carbons (Fsp3) is 0. The summed E-state index contributed by atoms with van der Waals surface area (Å²) in [6, 6.07) is 19.4. The van der Waals surface area contributed by atoms with Gasteiger partial charge in [0.05, 0.1) is 11.2 Å². The highest BCUT2D eigenvalue weighted by Crippen LogP contribution is 2.32. The van der Waals surface area contributed by atoms with E-state index in [1.807, 2.05) is 54.6 Å². The monoisotopic (exact) mass is 279 g/mol. The molecular formula is C16H10ClN3. The number of hydrogen-bond donors (Lipinski definition) is 1. The fourth-order valence-electron chi connectivity index (χ4n) is 2.08. The van der Waals surface area contributed by atoms with E-state index in [9.17, 15) is 5.26 Å². The Morgan fingerprint density at radius 1 is 1.00 bits per heavy atom. The maximum Gasteiger partial charge on any atom is 0.149 e. The fourth-order valence-corrected chi connectivity index (χ4v) is 2.31. The van der Waals surface area contributed by atoms with Crippen LogP contribution >= 0.6 is 11.6 Å². The molecule has 4 heteroatoms. The summed E-state index contributed by atoms with van der Waals surface area (Å²) >= 11 is 6.10. The molecule has 3 rings (SSSR count). The molecule has 20 heavy (non-hydrogen) atoms. The van der Waals surface area contributed by atoms with Crippen LogP contribution in [0.1, 0.15) is 5.56 Å². The molecule has 0 saturated carbocycles. The number of benzene rings is 2. The van der Waals surface area contributed by atoms with Crippen LogP contribution in [-0.2, 0) is 0 Å². The summed E-state index contributed by atoms with van der Waals surface area (Å²) in [6.45, 7) is 0. The average molecular weight is 280 g/mol. The predicted octanol–water partition coefficient (Wildman–Crippen LogP) is 4.50. The number of halogens is 1. The molecule has 1 heterocycles. The smallest absolute Gasteiger partial charge is 0.149 e. The number of rotatable bonds is 2. The van der Waals surface area contributed by atoms with Gasteiger partial charge in [0.15, 0.2) is 0 Å². The molecule has 1 N–H and O–H groups in total. The number of para-hydroxylation sites is 2. The standard InChI is InChI=1S/C16H10ClN3/c17-16-13(10-18)15(19-11-6-2-1-3-7-11)12-8-4-5-9-14(12)20-16/h1-9H,(H,19,20). The second kappa shape index (κ2) is 5.20. The number of pyridine rings is 1. The third-order valence-electron chi connectivity index (χ3n) is 3.00. The highest BCUT2D eigenvalue weighted by molar-refractivity contribution is 6.31. The molecule has 1 aromatic heterocycles. The first-order chi connectivity index (χ1) is 9.79. The summed E-state index contributed by atoms with van der Waals surface area (Å²) in [5.41, 5.74) is 2.70. The maximum absolute atomic E-state index is 9.32. The van der Waals surface area contributed by atoms with Gasteiger partial charge in [0.2, 0.25) is 0 Å². The molecular weight excluding hydrogens is 270 g/mol. The van der Waals surface area contributed by atoms with Crippen molar-refractivity contribution >= 4 is 33.9 Å². The van der Waals surface area contributed by atoms with Crippen molar-refractivity contribution in [2.75, 3.05) is 5.32 Å². The van der Waals surface area contributed by atoms with Gasteiger partial charge in [-0.25, -0.2) is 4.98 Å². The Morgan fingerprint density at radius 2 is 1.70 bits per heavy atom. The number of nitrogens with zero attached hydrogens (tertiary/aromatic N) is 2. The van der Waals surface area contributed by atoms with E-state index in [4.69, 9.17) is 11.6 Å². The molecule has 0 amide bonds. The number of hydrogen-bond acceptors (Lipinski definition) is 3. The Balaban J connectivity index is 2.24. The quantitative estimate of drug-likeness (QED) is 0.703. The van der Waals surface area contributed by atoms with E-state index in [0.717, 1.165) is 16.6 Å². The van der Waals surface area contributed by atoms with E-state index >= 15 is 0 Å². The first kappa shape index (κ1) is 12.5. The maximum atomic E-state index is 9.32. The SMILES string of the molecule is N#Cc1c(Cl)nc2ccccc2c1Nc1ccccc1. The third kappa shape index (κ3) is 2.18. The van der Waals surface area contributed by atoms with Gasteiger partial charge in [0.1, 0.15) is 16.8 Å². The molecule has 0 bridgehead atoms. The van der Waals surface area contributed by atoms with Crippen molar-refractivity contribution in [1.82, 2.24) is 4.98 Å². The molecule has 3 aromatic rings. The topological polar surface area (TPSA) is 48.7 Å². The minimum Gasteiger partial charge on any atom is -0.354 e. The lowest BCUT2D eigenvalue weighted by Gasteiger charge is -2.12. The van der Waals surface area contributed by atoms with Crippen LogP contribution in [0.5, 0.6) is 0 Å². The van der Waals surface area contributed by atoms with Crippen molar-refractivity contribution in [1.29, 1.82) is 5.26 Å². The summed E-state index contributed by atoms with van der Waals surface area (Å²) in [4.78, 5) is 4.25. The van der Waals surface area contributed by atoms with Gasteiger partial charge in [-0.15, -0.1) is 0 Å². The highest BCUT2D eigenvalue weighted by Gasteiger charge is 2.13. The molecule has 3 nitrogen and oxygen atoms in total. The van der Waals surface area contributed by atoms with E-state index in [-0.39, 0.29) is 5.15 Å². The van der Waals surface area contributed by atoms with Gasteiger partial charge in [-0.05, 0) is 18.2 Å². The normalized spacial score (nSPS) is 10.2. The largest absolute Gasteiger partial charge is 0.354 e. The van der Waals surface area contributed by atoms with Crippen molar-refractivity contribution in [3.8, 4) is 6.07 Å². The van der Waals surface area contributed by atoms with Crippen LogP contribution in [0.15, 0.2) is 54.6 Å². The summed E-state index contributed by atoms with van der Waals surface area (Å²) in [5, 5.41) is 13.7. The summed E-state index contributed by atoms with van der Waals surface area (Å²) in [7, 11) is 0. The van der Waals surface area contributed by atoms with Crippen LogP contribution in [0, 0.1) is 11.3 Å². The van der Waals surface area contributed by atoms with Gasteiger partial charge in [0, 0.05) is 11.1 Å². The van der Waals surface area contributed by atoms with Crippen LogP contribution in [-0.4, -0.2) is 4.98 Å². The van der Waals surface area contributed by atoms with E-state index < -0.39 is 0 Å². The number of nitrogens with one attached hydrogen (secondary N) is 1. The third-order valence-corrected chi connectivity index (χ3v) is 3.28. The van der Waals surface area contributed by atoms with Crippen LogP contribution in [0.25, 0.3) is 10.9 Å². The van der Waals surface area contributed by atoms with Gasteiger partial charge in [0.25, 0.3) is 0 Å². The minimum absolute atomic E-state index is 0.213. The van der Waals surface area contributed by atoms with E-state index in [2.05, 4.69) is 16.4 Å². The number of anilines is 2. The summed E-state index contributed by atoms with van der Waals surface area (Å²) in [6.07, 6.45) is 0. The van der Waals surface area contributed by atoms with E-state index in [1.165, 1.54) is 0 Å². The lowest BCUT2D eigenvalue weighted by Crippen LogP contribution is -1.97. The number of nitriles is 1. The molecule has 0 fully saturated rings. The molecule has 0 radical (unpaired) electrons. The Morgan fingerprint density at radius 3 is 2.45 bits per heavy atom. The Kier molecular flexibility index (Phi) is 3.24. The van der Waals surface area contributed by atoms with Crippen LogP contribution < -0.4 is 5.32 Å². The van der Waals surface area contributed by atoms with Gasteiger partial charge in [-0.2, -0.15) is 5.26 Å². The number of fused-ring (bicyclic) bond motifs is 1. The molecule has 0 aliphatic carbocycles. The average Bonchev–Trinajstić information content (AvgIpc) is 2.48. The minimum atomic E-state index is 0.213. The first-order valence-corrected chi connectivity index (χ1v) is 6.48. The van der Waals surface area contributed by atoms with Crippen LogP contribution in [0.4, 0.5) is 11.4 Å². The Labute approximate surface area is 121 Å². The first-order valence-electron chi connectivity index (χ1n) is 6.10. The highest BCUT2D eigenvalue weighted by atomic mass is 35.5. The Bertz CT molecular complexity index is 807. The molecule has 0 saturated heterocycles. The zero-order valence-corrected chi connectivity index (χ0v) is 11.2. The van der Waals surface area contributed by atoms with Crippen molar-refractivity contribution in [2.45, 2.75) is 0 Å². The van der Waals surface area contributed by atoms with Crippen molar-refractivity contribution in [2.24, 2.45) is 0 Å². The molecule has 0 spiro atoms. The summed E-state index contributed by atoms with van der Waals surface area (Å²) < 4.78 is 0. The molecule has 2 aromatic carbocycles. The lowest BCUT2D eigenvalue weighted by molar-refractivity contribution is 1.36. The van der Waals surface area contributed by atoms with E-state index in [1.54, 1.807) is 0 Å². The van der Waals surface area contributed by atoms with Crippen LogP contribution in [0.2, 0.25) is 5.15 Å². The molecule has 0 aliphatic rings. The van der Waals surface area contributed by atoms with Crippen LogP contribution in [0.3, 0.4) is 0 Å².